The number of carbonyl (C=O) groups excluding carboxylic acids is 1. The third-order valence-corrected chi connectivity index (χ3v) is 4.45. The topological polar surface area (TPSA) is 76.9 Å². The fourth-order valence-corrected chi connectivity index (χ4v) is 3.00. The van der Waals surface area contributed by atoms with Crippen molar-refractivity contribution in [2.24, 2.45) is 0 Å². The van der Waals surface area contributed by atoms with Gasteiger partial charge in [0, 0.05) is 18.1 Å². The summed E-state index contributed by atoms with van der Waals surface area (Å²) in [7, 11) is 0. The van der Waals surface area contributed by atoms with Gasteiger partial charge in [0.05, 0.1) is 11.0 Å². The van der Waals surface area contributed by atoms with E-state index >= 15 is 0 Å². The summed E-state index contributed by atoms with van der Waals surface area (Å²) in [5.41, 5.74) is 2.32. The van der Waals surface area contributed by atoms with E-state index in [2.05, 4.69) is 15.3 Å². The minimum Gasteiger partial charge on any atom is -0.325 e. The Kier molecular flexibility index (Phi) is 5.43. The van der Waals surface area contributed by atoms with Gasteiger partial charge in [0.1, 0.15) is 18.1 Å². The highest BCUT2D eigenvalue weighted by Gasteiger charge is 2.12. The molecule has 1 N–H and O–H groups in total. The van der Waals surface area contributed by atoms with Crippen molar-refractivity contribution in [1.82, 2.24) is 14.5 Å². The van der Waals surface area contributed by atoms with Gasteiger partial charge >= 0.3 is 0 Å². The molecular formula is C23H17FN4O2. The molecule has 7 heteroatoms. The molecule has 0 saturated carbocycles. The van der Waals surface area contributed by atoms with E-state index in [-0.39, 0.29) is 17.8 Å². The van der Waals surface area contributed by atoms with Crippen LogP contribution in [0.2, 0.25) is 0 Å². The Hall–Kier alpha value is -4.13. The van der Waals surface area contributed by atoms with Gasteiger partial charge in [-0.25, -0.2) is 9.37 Å². The molecule has 0 saturated heterocycles. The molecule has 148 valence electrons. The van der Waals surface area contributed by atoms with E-state index in [1.54, 1.807) is 42.7 Å². The lowest BCUT2D eigenvalue weighted by Gasteiger charge is -2.11. The van der Waals surface area contributed by atoms with Crippen molar-refractivity contribution >= 4 is 34.8 Å². The maximum atomic E-state index is 13.1. The number of aromatic nitrogens is 3. The van der Waals surface area contributed by atoms with Crippen LogP contribution in [0.1, 0.15) is 11.3 Å². The minimum atomic E-state index is -0.399. The average molecular weight is 400 g/mol. The Morgan fingerprint density at radius 1 is 1.00 bits per heavy atom. The quantitative estimate of drug-likeness (QED) is 0.554. The van der Waals surface area contributed by atoms with E-state index in [1.165, 1.54) is 28.8 Å². The van der Waals surface area contributed by atoms with E-state index in [0.29, 0.717) is 16.7 Å². The zero-order valence-corrected chi connectivity index (χ0v) is 15.8. The fourth-order valence-electron chi connectivity index (χ4n) is 3.00. The number of carbonyl (C=O) groups is 1. The standard InChI is InChI=1S/C23H17FN4O2/c24-17-6-8-18(9-7-17)26-22(29)15-28-21-4-2-1-3-19(21)27-20(23(28)30)10-5-16-11-13-25-14-12-16/h1-14H,15H2,(H,26,29)/b10-5-. The summed E-state index contributed by atoms with van der Waals surface area (Å²) in [6.07, 6.45) is 6.71. The number of nitrogens with one attached hydrogen (secondary N) is 1. The molecule has 0 radical (unpaired) electrons. The normalized spacial score (nSPS) is 11.1. The van der Waals surface area contributed by atoms with Crippen LogP contribution in [-0.4, -0.2) is 20.4 Å². The zero-order valence-electron chi connectivity index (χ0n) is 15.8. The Bertz CT molecular complexity index is 1280. The second-order valence-corrected chi connectivity index (χ2v) is 6.55. The molecule has 1 amide bonds. The van der Waals surface area contributed by atoms with Gasteiger partial charge in [0.25, 0.3) is 5.56 Å². The van der Waals surface area contributed by atoms with Crippen LogP contribution < -0.4 is 10.9 Å². The molecule has 6 nitrogen and oxygen atoms in total. The van der Waals surface area contributed by atoms with Crippen LogP contribution in [0.4, 0.5) is 10.1 Å². The van der Waals surface area contributed by atoms with E-state index < -0.39 is 11.7 Å². The highest BCUT2D eigenvalue weighted by molar-refractivity contribution is 5.91. The molecule has 0 atom stereocenters. The third-order valence-electron chi connectivity index (χ3n) is 4.45. The molecule has 2 aromatic heterocycles. The molecule has 0 bridgehead atoms. The summed E-state index contributed by atoms with van der Waals surface area (Å²) in [4.78, 5) is 34.0. The molecule has 2 heterocycles. The first-order chi connectivity index (χ1) is 14.6. The molecule has 2 aromatic carbocycles. The van der Waals surface area contributed by atoms with E-state index in [0.717, 1.165) is 5.56 Å². The summed E-state index contributed by atoms with van der Waals surface area (Å²) in [5, 5.41) is 2.68. The van der Waals surface area contributed by atoms with Crippen LogP contribution in [0.15, 0.2) is 77.9 Å². The number of para-hydroxylation sites is 2. The monoisotopic (exact) mass is 400 g/mol. The molecule has 0 aliphatic rings. The first kappa shape index (κ1) is 19.2. The minimum absolute atomic E-state index is 0.199. The van der Waals surface area contributed by atoms with Gasteiger partial charge < -0.3 is 5.32 Å². The Morgan fingerprint density at radius 2 is 1.73 bits per heavy atom. The number of fused-ring (bicyclic) bond motifs is 1. The fraction of sp³-hybridized carbons (Fsp3) is 0.0435. The van der Waals surface area contributed by atoms with Crippen molar-refractivity contribution in [2.45, 2.75) is 6.54 Å². The molecule has 4 rings (SSSR count). The van der Waals surface area contributed by atoms with Gasteiger partial charge in [-0.3, -0.25) is 19.1 Å². The third kappa shape index (κ3) is 4.30. The smallest absolute Gasteiger partial charge is 0.277 e. The van der Waals surface area contributed by atoms with Crippen LogP contribution in [0.3, 0.4) is 0 Å². The molecular weight excluding hydrogens is 383 g/mol. The number of pyridine rings is 1. The first-order valence-electron chi connectivity index (χ1n) is 9.23. The predicted molar refractivity (Wildman–Crippen MR) is 114 cm³/mol. The number of rotatable bonds is 5. The van der Waals surface area contributed by atoms with Crippen molar-refractivity contribution < 1.29 is 9.18 Å². The van der Waals surface area contributed by atoms with E-state index in [9.17, 15) is 14.0 Å². The highest BCUT2D eigenvalue weighted by atomic mass is 19.1. The lowest BCUT2D eigenvalue weighted by atomic mass is 10.2. The molecule has 30 heavy (non-hydrogen) atoms. The van der Waals surface area contributed by atoms with Gasteiger partial charge in [-0.1, -0.05) is 18.2 Å². The molecule has 4 aromatic rings. The van der Waals surface area contributed by atoms with E-state index in [4.69, 9.17) is 0 Å². The number of hydrogen-bond donors (Lipinski definition) is 1. The summed E-state index contributed by atoms with van der Waals surface area (Å²) >= 11 is 0. The van der Waals surface area contributed by atoms with Crippen molar-refractivity contribution in [1.29, 1.82) is 0 Å². The number of nitrogens with zero attached hydrogens (tertiary/aromatic N) is 3. The van der Waals surface area contributed by atoms with Crippen LogP contribution in [-0.2, 0) is 11.3 Å². The average Bonchev–Trinajstić information content (AvgIpc) is 2.77. The number of halogens is 1. The molecule has 0 spiro atoms. The second-order valence-electron chi connectivity index (χ2n) is 6.55. The maximum absolute atomic E-state index is 13.1. The van der Waals surface area contributed by atoms with Crippen molar-refractivity contribution in [2.75, 3.05) is 5.32 Å². The first-order valence-corrected chi connectivity index (χ1v) is 9.23. The Morgan fingerprint density at radius 3 is 2.50 bits per heavy atom. The number of anilines is 1. The number of amides is 1. The lowest BCUT2D eigenvalue weighted by Crippen LogP contribution is -2.30. The van der Waals surface area contributed by atoms with Crippen LogP contribution >= 0.6 is 0 Å². The second kappa shape index (κ2) is 8.48. The van der Waals surface area contributed by atoms with Crippen LogP contribution in [0, 0.1) is 5.82 Å². The van der Waals surface area contributed by atoms with Crippen molar-refractivity contribution in [3.05, 3.63) is 100 Å². The predicted octanol–water partition coefficient (Wildman–Crippen LogP) is 3.74. The number of benzene rings is 2. The zero-order chi connectivity index (χ0) is 20.9. The lowest BCUT2D eigenvalue weighted by molar-refractivity contribution is -0.116. The molecule has 0 aliphatic carbocycles. The number of hydrogen-bond acceptors (Lipinski definition) is 4. The Balaban J connectivity index is 1.68. The Labute approximate surface area is 171 Å². The molecule has 0 fully saturated rings. The van der Waals surface area contributed by atoms with Gasteiger partial charge in [-0.15, -0.1) is 0 Å². The largest absolute Gasteiger partial charge is 0.325 e. The van der Waals surface area contributed by atoms with Crippen molar-refractivity contribution in [3.63, 3.8) is 0 Å². The van der Waals surface area contributed by atoms with Gasteiger partial charge in [0.15, 0.2) is 0 Å². The summed E-state index contributed by atoms with van der Waals surface area (Å²) in [6.45, 7) is -0.199. The SMILES string of the molecule is O=C(Cn1c(=O)c(/C=C\c2ccncc2)nc2ccccc21)Nc1ccc(F)cc1. The summed E-state index contributed by atoms with van der Waals surface area (Å²) in [6, 6.07) is 16.2. The van der Waals surface area contributed by atoms with Crippen LogP contribution in [0.25, 0.3) is 23.2 Å². The highest BCUT2D eigenvalue weighted by Crippen LogP contribution is 2.13. The summed E-state index contributed by atoms with van der Waals surface area (Å²) < 4.78 is 14.4. The summed E-state index contributed by atoms with van der Waals surface area (Å²) in [5.74, 6) is -0.793. The van der Waals surface area contributed by atoms with E-state index in [1.807, 2.05) is 18.2 Å². The van der Waals surface area contributed by atoms with Gasteiger partial charge in [0.2, 0.25) is 5.91 Å². The molecule has 0 aliphatic heterocycles. The van der Waals surface area contributed by atoms with Crippen LogP contribution in [0.5, 0.6) is 0 Å². The van der Waals surface area contributed by atoms with Gasteiger partial charge in [-0.05, 0) is 60.2 Å². The molecule has 0 unspecified atom stereocenters. The maximum Gasteiger partial charge on any atom is 0.277 e. The van der Waals surface area contributed by atoms with Gasteiger partial charge in [-0.2, -0.15) is 0 Å². The van der Waals surface area contributed by atoms with Crippen molar-refractivity contribution in [3.8, 4) is 0 Å².